The molecule has 5 heteroatoms. The second kappa shape index (κ2) is 3.68. The number of nitrogens with two attached hydrogens (primary N) is 1. The van der Waals surface area contributed by atoms with E-state index in [4.69, 9.17) is 5.73 Å². The molecule has 0 amide bonds. The minimum absolute atomic E-state index is 0.0474. The summed E-state index contributed by atoms with van der Waals surface area (Å²) in [5.74, 6) is 2.31. The molecule has 0 aromatic carbocycles. The summed E-state index contributed by atoms with van der Waals surface area (Å²) in [6, 6.07) is 4.09. The summed E-state index contributed by atoms with van der Waals surface area (Å²) >= 11 is 1.65. The molecule has 3 rings (SSSR count). The first-order chi connectivity index (χ1) is 7.75. The number of thiophene rings is 1. The second-order valence-electron chi connectivity index (χ2n) is 4.26. The highest BCUT2D eigenvalue weighted by Gasteiger charge is 2.32. The van der Waals surface area contributed by atoms with E-state index in [1.165, 1.54) is 12.8 Å². The van der Waals surface area contributed by atoms with Gasteiger partial charge in [0.05, 0.1) is 10.9 Å². The predicted octanol–water partition coefficient (Wildman–Crippen LogP) is 1.95. The van der Waals surface area contributed by atoms with Gasteiger partial charge in [0.2, 0.25) is 0 Å². The first kappa shape index (κ1) is 9.99. The molecule has 0 radical (unpaired) electrons. The van der Waals surface area contributed by atoms with Gasteiger partial charge in [-0.1, -0.05) is 6.07 Å². The van der Waals surface area contributed by atoms with Gasteiger partial charge in [-0.25, -0.2) is 4.98 Å². The highest BCUT2D eigenvalue weighted by atomic mass is 32.1. The van der Waals surface area contributed by atoms with Crippen LogP contribution in [0.2, 0.25) is 0 Å². The molecule has 1 atom stereocenters. The van der Waals surface area contributed by atoms with E-state index in [0.717, 1.165) is 16.5 Å². The van der Waals surface area contributed by atoms with E-state index in [9.17, 15) is 0 Å². The molecule has 2 aromatic rings. The summed E-state index contributed by atoms with van der Waals surface area (Å²) in [7, 11) is 1.92. The van der Waals surface area contributed by atoms with E-state index in [1.54, 1.807) is 11.3 Å². The van der Waals surface area contributed by atoms with Gasteiger partial charge in [0.25, 0.3) is 0 Å². The predicted molar refractivity (Wildman–Crippen MR) is 64.0 cm³/mol. The number of hydrogen-bond acceptors (Lipinski definition) is 4. The molecule has 0 spiro atoms. The van der Waals surface area contributed by atoms with Crippen molar-refractivity contribution < 1.29 is 0 Å². The van der Waals surface area contributed by atoms with Crippen LogP contribution in [0.25, 0.3) is 10.7 Å². The van der Waals surface area contributed by atoms with E-state index in [1.807, 2.05) is 29.2 Å². The van der Waals surface area contributed by atoms with E-state index >= 15 is 0 Å². The minimum atomic E-state index is 0.0474. The molecule has 1 unspecified atom stereocenters. The molecule has 4 nitrogen and oxygen atoms in total. The van der Waals surface area contributed by atoms with Gasteiger partial charge in [-0.2, -0.15) is 5.10 Å². The van der Waals surface area contributed by atoms with Crippen LogP contribution in [-0.2, 0) is 7.05 Å². The Kier molecular flexibility index (Phi) is 2.29. The Balaban J connectivity index is 1.95. The van der Waals surface area contributed by atoms with Crippen molar-refractivity contribution in [3.05, 3.63) is 23.3 Å². The first-order valence-electron chi connectivity index (χ1n) is 5.46. The van der Waals surface area contributed by atoms with Gasteiger partial charge in [-0.3, -0.25) is 4.68 Å². The van der Waals surface area contributed by atoms with Gasteiger partial charge in [0.1, 0.15) is 5.82 Å². The Morgan fingerprint density at radius 1 is 1.56 bits per heavy atom. The van der Waals surface area contributed by atoms with Crippen molar-refractivity contribution in [3.63, 3.8) is 0 Å². The molecular formula is C11H14N4S. The average Bonchev–Trinajstić information content (AvgIpc) is 2.84. The van der Waals surface area contributed by atoms with Crippen molar-refractivity contribution in [2.45, 2.75) is 18.9 Å². The van der Waals surface area contributed by atoms with Gasteiger partial charge >= 0.3 is 0 Å². The zero-order valence-electron chi connectivity index (χ0n) is 9.13. The molecule has 84 valence electrons. The third-order valence-electron chi connectivity index (χ3n) is 2.97. The van der Waals surface area contributed by atoms with Crippen molar-refractivity contribution in [2.75, 3.05) is 0 Å². The number of aromatic nitrogens is 3. The second-order valence-corrected chi connectivity index (χ2v) is 5.21. The summed E-state index contributed by atoms with van der Waals surface area (Å²) in [6.07, 6.45) is 2.45. The average molecular weight is 234 g/mol. The Bertz CT molecular complexity index is 484. The molecule has 2 aromatic heterocycles. The van der Waals surface area contributed by atoms with E-state index in [0.29, 0.717) is 5.92 Å². The lowest BCUT2D eigenvalue weighted by Gasteiger charge is -2.07. The van der Waals surface area contributed by atoms with Crippen molar-refractivity contribution in [3.8, 4) is 10.7 Å². The highest BCUT2D eigenvalue weighted by molar-refractivity contribution is 7.13. The maximum Gasteiger partial charge on any atom is 0.191 e. The van der Waals surface area contributed by atoms with Crippen LogP contribution in [0.15, 0.2) is 17.5 Å². The standard InChI is InChI=1S/C11H14N4S/c1-15-11(9(12)7-4-5-7)13-10(14-15)8-3-2-6-16-8/h2-3,6-7,9H,4-5,12H2,1H3. The van der Waals surface area contributed by atoms with Crippen molar-refractivity contribution in [2.24, 2.45) is 18.7 Å². The maximum absolute atomic E-state index is 6.15. The molecule has 1 aliphatic rings. The number of nitrogens with zero attached hydrogens (tertiary/aromatic N) is 3. The summed E-state index contributed by atoms with van der Waals surface area (Å²) in [4.78, 5) is 5.65. The number of rotatable bonds is 3. The summed E-state index contributed by atoms with van der Waals surface area (Å²) in [6.45, 7) is 0. The van der Waals surface area contributed by atoms with Gasteiger partial charge in [-0.15, -0.1) is 11.3 Å². The third kappa shape index (κ3) is 1.66. The Hall–Kier alpha value is -1.20. The molecule has 0 bridgehead atoms. The van der Waals surface area contributed by atoms with Gasteiger partial charge < -0.3 is 5.73 Å². The molecule has 1 aliphatic carbocycles. The molecule has 16 heavy (non-hydrogen) atoms. The van der Waals surface area contributed by atoms with Crippen LogP contribution in [0.3, 0.4) is 0 Å². The van der Waals surface area contributed by atoms with E-state index in [2.05, 4.69) is 10.1 Å². The summed E-state index contributed by atoms with van der Waals surface area (Å²) in [5, 5.41) is 6.45. The van der Waals surface area contributed by atoms with Gasteiger partial charge in [0.15, 0.2) is 5.82 Å². The van der Waals surface area contributed by atoms with Crippen LogP contribution in [0.1, 0.15) is 24.7 Å². The molecule has 2 N–H and O–H groups in total. The SMILES string of the molecule is Cn1nc(-c2cccs2)nc1C(N)C1CC1. The smallest absolute Gasteiger partial charge is 0.191 e. The fraction of sp³-hybridized carbons (Fsp3) is 0.455. The van der Waals surface area contributed by atoms with Crippen LogP contribution in [0.5, 0.6) is 0 Å². The number of aryl methyl sites for hydroxylation is 1. The molecule has 1 fully saturated rings. The fourth-order valence-corrected chi connectivity index (χ4v) is 2.52. The van der Waals surface area contributed by atoms with Crippen LogP contribution < -0.4 is 5.73 Å². The van der Waals surface area contributed by atoms with Crippen molar-refractivity contribution in [1.29, 1.82) is 0 Å². The highest BCUT2D eigenvalue weighted by Crippen LogP contribution is 2.39. The Morgan fingerprint density at radius 2 is 2.38 bits per heavy atom. The lowest BCUT2D eigenvalue weighted by Crippen LogP contribution is -2.17. The normalized spacial score (nSPS) is 17.6. The van der Waals surface area contributed by atoms with Crippen molar-refractivity contribution >= 4 is 11.3 Å². The van der Waals surface area contributed by atoms with Gasteiger partial charge in [0, 0.05) is 7.05 Å². The molecule has 2 heterocycles. The van der Waals surface area contributed by atoms with Crippen molar-refractivity contribution in [1.82, 2.24) is 14.8 Å². The maximum atomic E-state index is 6.15. The quantitative estimate of drug-likeness (QED) is 0.883. The topological polar surface area (TPSA) is 56.7 Å². The monoisotopic (exact) mass is 234 g/mol. The molecular weight excluding hydrogens is 220 g/mol. The Morgan fingerprint density at radius 3 is 3.00 bits per heavy atom. The lowest BCUT2D eigenvalue weighted by atomic mass is 10.2. The fourth-order valence-electron chi connectivity index (χ4n) is 1.86. The molecule has 0 saturated heterocycles. The molecule has 0 aliphatic heterocycles. The minimum Gasteiger partial charge on any atom is -0.321 e. The largest absolute Gasteiger partial charge is 0.321 e. The Labute approximate surface area is 98.1 Å². The van der Waals surface area contributed by atoms with Crippen LogP contribution in [0, 0.1) is 5.92 Å². The zero-order valence-corrected chi connectivity index (χ0v) is 9.94. The lowest BCUT2D eigenvalue weighted by molar-refractivity contribution is 0.551. The number of hydrogen-bond donors (Lipinski definition) is 1. The van der Waals surface area contributed by atoms with E-state index in [-0.39, 0.29) is 6.04 Å². The van der Waals surface area contributed by atoms with Gasteiger partial charge in [-0.05, 0) is 30.2 Å². The molecule has 1 saturated carbocycles. The first-order valence-corrected chi connectivity index (χ1v) is 6.34. The summed E-state index contributed by atoms with van der Waals surface area (Å²) < 4.78 is 1.82. The van der Waals surface area contributed by atoms with Crippen LogP contribution in [0.4, 0.5) is 0 Å². The third-order valence-corrected chi connectivity index (χ3v) is 3.83. The van der Waals surface area contributed by atoms with E-state index < -0.39 is 0 Å². The van der Waals surface area contributed by atoms with Crippen LogP contribution in [-0.4, -0.2) is 14.8 Å². The van der Waals surface area contributed by atoms with Crippen LogP contribution >= 0.6 is 11.3 Å². The summed E-state index contributed by atoms with van der Waals surface area (Å²) in [5.41, 5.74) is 6.15. The zero-order chi connectivity index (χ0) is 11.1.